The normalized spacial score (nSPS) is 14.4. The number of carbonyl (C=O) groups is 1. The number of amides is 1. The average molecular weight is 354 g/mol. The van der Waals surface area contributed by atoms with Gasteiger partial charge in [-0.05, 0) is 43.9 Å². The Bertz CT molecular complexity index is 838. The highest BCUT2D eigenvalue weighted by atomic mass is 16.2. The number of hydrogen-bond donors (Lipinski definition) is 2. The zero-order valence-corrected chi connectivity index (χ0v) is 15.4. The molecule has 1 aromatic heterocycles. The van der Waals surface area contributed by atoms with Crippen molar-refractivity contribution >= 4 is 17.5 Å². The number of aromatic nitrogens is 2. The van der Waals surface area contributed by atoms with Gasteiger partial charge in [-0.25, -0.2) is 4.98 Å². The minimum absolute atomic E-state index is 0.0294. The topological polar surface area (TPSA) is 76.0 Å². The minimum atomic E-state index is -0.229. The third kappa shape index (κ3) is 4.50. The van der Waals surface area contributed by atoms with Gasteiger partial charge in [-0.1, -0.05) is 31.9 Å². The lowest BCUT2D eigenvalue weighted by atomic mass is 10.1. The van der Waals surface area contributed by atoms with Gasteiger partial charge in [0.1, 0.15) is 6.54 Å². The average Bonchev–Trinajstić information content (AvgIpc) is 3.11. The van der Waals surface area contributed by atoms with E-state index in [9.17, 15) is 9.59 Å². The van der Waals surface area contributed by atoms with Gasteiger partial charge in [0.15, 0.2) is 0 Å². The Labute approximate surface area is 153 Å². The Balaban J connectivity index is 1.82. The van der Waals surface area contributed by atoms with E-state index in [0.717, 1.165) is 37.8 Å². The molecule has 26 heavy (non-hydrogen) atoms. The minimum Gasteiger partial charge on any atom is -0.352 e. The van der Waals surface area contributed by atoms with Gasteiger partial charge in [0.2, 0.25) is 11.9 Å². The number of hydrogen-bond acceptors (Lipinski definition) is 4. The molecule has 1 heterocycles. The largest absolute Gasteiger partial charge is 0.352 e. The molecule has 6 nitrogen and oxygen atoms in total. The van der Waals surface area contributed by atoms with Crippen molar-refractivity contribution in [3.63, 3.8) is 0 Å². The first kappa shape index (κ1) is 18.2. The number of benzene rings is 1. The Hall–Kier alpha value is -2.63. The predicted molar refractivity (Wildman–Crippen MR) is 103 cm³/mol. The van der Waals surface area contributed by atoms with Crippen LogP contribution in [0.4, 0.5) is 11.6 Å². The number of anilines is 2. The molecule has 0 atom stereocenters. The lowest BCUT2D eigenvalue weighted by molar-refractivity contribution is -0.122. The second kappa shape index (κ2) is 8.17. The molecular formula is C20H26N4O2. The Morgan fingerprint density at radius 1 is 1.27 bits per heavy atom. The third-order valence-electron chi connectivity index (χ3n) is 4.75. The van der Waals surface area contributed by atoms with E-state index in [1.165, 1.54) is 16.2 Å². The molecule has 0 aliphatic heterocycles. The monoisotopic (exact) mass is 354 g/mol. The van der Waals surface area contributed by atoms with Gasteiger partial charge >= 0.3 is 0 Å². The van der Waals surface area contributed by atoms with Crippen molar-refractivity contribution in [3.8, 4) is 0 Å². The number of aryl methyl sites for hydroxylation is 2. The summed E-state index contributed by atoms with van der Waals surface area (Å²) in [6, 6.07) is 9.66. The quantitative estimate of drug-likeness (QED) is 0.836. The molecule has 6 heteroatoms. The van der Waals surface area contributed by atoms with Crippen molar-refractivity contribution in [1.82, 2.24) is 14.9 Å². The molecule has 1 saturated carbocycles. The van der Waals surface area contributed by atoms with E-state index in [4.69, 9.17) is 0 Å². The molecule has 0 unspecified atom stereocenters. The number of carbonyl (C=O) groups excluding carboxylic acids is 1. The molecule has 3 rings (SSSR count). The first-order valence-electron chi connectivity index (χ1n) is 9.29. The molecule has 138 valence electrons. The fraction of sp³-hybridized carbons (Fsp3) is 0.450. The predicted octanol–water partition coefficient (Wildman–Crippen LogP) is 2.92. The van der Waals surface area contributed by atoms with E-state index in [-0.39, 0.29) is 24.1 Å². The number of nitrogens with zero attached hydrogens (tertiary/aromatic N) is 2. The summed E-state index contributed by atoms with van der Waals surface area (Å²) in [5, 5.41) is 6.22. The highest BCUT2D eigenvalue weighted by Gasteiger charge is 2.18. The molecular weight excluding hydrogens is 328 g/mol. The molecule has 1 aliphatic carbocycles. The molecule has 0 radical (unpaired) electrons. The van der Waals surface area contributed by atoms with Crippen LogP contribution >= 0.6 is 0 Å². The Morgan fingerprint density at radius 3 is 2.77 bits per heavy atom. The van der Waals surface area contributed by atoms with Gasteiger partial charge in [0.05, 0.1) is 0 Å². The summed E-state index contributed by atoms with van der Waals surface area (Å²) in [6.07, 6.45) is 5.26. The van der Waals surface area contributed by atoms with Crippen LogP contribution in [0.15, 0.2) is 35.1 Å². The summed E-state index contributed by atoms with van der Waals surface area (Å²) in [6.45, 7) is 3.84. The van der Waals surface area contributed by atoms with Crippen molar-refractivity contribution in [3.05, 3.63) is 51.9 Å². The van der Waals surface area contributed by atoms with Crippen LogP contribution in [-0.2, 0) is 17.8 Å². The summed E-state index contributed by atoms with van der Waals surface area (Å²) in [4.78, 5) is 29.3. The van der Waals surface area contributed by atoms with E-state index in [0.29, 0.717) is 11.6 Å². The van der Waals surface area contributed by atoms with Crippen LogP contribution in [0, 0.1) is 6.92 Å². The maximum atomic E-state index is 12.4. The fourth-order valence-electron chi connectivity index (χ4n) is 3.35. The number of nitrogens with one attached hydrogen (secondary N) is 2. The zero-order valence-electron chi connectivity index (χ0n) is 15.4. The summed E-state index contributed by atoms with van der Waals surface area (Å²) in [5.74, 6) is 0.250. The summed E-state index contributed by atoms with van der Waals surface area (Å²) in [5.41, 5.74) is 2.44. The van der Waals surface area contributed by atoms with Crippen molar-refractivity contribution in [2.75, 3.05) is 5.32 Å². The zero-order chi connectivity index (χ0) is 18.5. The second-order valence-electron chi connectivity index (χ2n) is 6.87. The SMILES string of the molecule is CCc1cccc(Nc2nc(C)cc(=O)n2CC(=O)NC2CCCC2)c1. The van der Waals surface area contributed by atoms with Crippen molar-refractivity contribution in [2.45, 2.75) is 58.5 Å². The first-order valence-corrected chi connectivity index (χ1v) is 9.29. The van der Waals surface area contributed by atoms with Gasteiger partial charge in [-0.15, -0.1) is 0 Å². The highest BCUT2D eigenvalue weighted by molar-refractivity contribution is 5.76. The highest BCUT2D eigenvalue weighted by Crippen LogP contribution is 2.18. The van der Waals surface area contributed by atoms with E-state index >= 15 is 0 Å². The van der Waals surface area contributed by atoms with E-state index in [1.807, 2.05) is 18.2 Å². The second-order valence-corrected chi connectivity index (χ2v) is 6.87. The Kier molecular flexibility index (Phi) is 5.71. The first-order chi connectivity index (χ1) is 12.5. The maximum absolute atomic E-state index is 12.4. The van der Waals surface area contributed by atoms with Crippen LogP contribution in [0.2, 0.25) is 0 Å². The van der Waals surface area contributed by atoms with Crippen molar-refractivity contribution in [2.24, 2.45) is 0 Å². The van der Waals surface area contributed by atoms with Gasteiger partial charge in [-0.2, -0.15) is 0 Å². The van der Waals surface area contributed by atoms with E-state index < -0.39 is 0 Å². The summed E-state index contributed by atoms with van der Waals surface area (Å²) in [7, 11) is 0. The van der Waals surface area contributed by atoms with Gasteiger partial charge < -0.3 is 10.6 Å². The van der Waals surface area contributed by atoms with Crippen LogP contribution in [0.5, 0.6) is 0 Å². The molecule has 0 bridgehead atoms. The van der Waals surface area contributed by atoms with Crippen LogP contribution in [0.25, 0.3) is 0 Å². The smallest absolute Gasteiger partial charge is 0.255 e. The molecule has 2 aromatic rings. The van der Waals surface area contributed by atoms with Crippen LogP contribution in [0.3, 0.4) is 0 Å². The van der Waals surface area contributed by atoms with Gasteiger partial charge in [0, 0.05) is 23.5 Å². The lowest BCUT2D eigenvalue weighted by Gasteiger charge is -2.16. The lowest BCUT2D eigenvalue weighted by Crippen LogP contribution is -2.38. The molecule has 1 aliphatic rings. The van der Waals surface area contributed by atoms with Crippen molar-refractivity contribution in [1.29, 1.82) is 0 Å². The molecule has 1 fully saturated rings. The standard InChI is InChI=1S/C20H26N4O2/c1-3-15-7-6-10-17(12-15)23-20-21-14(2)11-19(26)24(20)13-18(25)22-16-8-4-5-9-16/h6-7,10-12,16H,3-5,8-9,13H2,1-2H3,(H,21,23)(H,22,25). The molecule has 1 aromatic carbocycles. The van der Waals surface area contributed by atoms with Crippen LogP contribution in [0.1, 0.15) is 43.9 Å². The summed E-state index contributed by atoms with van der Waals surface area (Å²) >= 11 is 0. The molecule has 0 saturated heterocycles. The third-order valence-corrected chi connectivity index (χ3v) is 4.75. The Morgan fingerprint density at radius 2 is 2.04 bits per heavy atom. The molecule has 0 spiro atoms. The number of rotatable bonds is 6. The van der Waals surface area contributed by atoms with E-state index in [2.05, 4.69) is 28.6 Å². The van der Waals surface area contributed by atoms with Crippen LogP contribution < -0.4 is 16.2 Å². The fourth-order valence-corrected chi connectivity index (χ4v) is 3.35. The van der Waals surface area contributed by atoms with Crippen molar-refractivity contribution < 1.29 is 4.79 Å². The maximum Gasteiger partial charge on any atom is 0.255 e. The van der Waals surface area contributed by atoms with E-state index in [1.54, 1.807) is 6.92 Å². The summed E-state index contributed by atoms with van der Waals surface area (Å²) < 4.78 is 1.40. The van der Waals surface area contributed by atoms with Gasteiger partial charge in [0.25, 0.3) is 5.56 Å². The molecule has 2 N–H and O–H groups in total. The molecule has 1 amide bonds. The van der Waals surface area contributed by atoms with Crippen LogP contribution in [-0.4, -0.2) is 21.5 Å². The van der Waals surface area contributed by atoms with Gasteiger partial charge in [-0.3, -0.25) is 14.2 Å².